The van der Waals surface area contributed by atoms with Gasteiger partial charge in [-0.25, -0.2) is 3.97 Å². The van der Waals surface area contributed by atoms with Crippen LogP contribution in [-0.4, -0.2) is 42.6 Å². The Labute approximate surface area is 220 Å². The van der Waals surface area contributed by atoms with Gasteiger partial charge in [0.05, 0.1) is 16.1 Å². The molecular formula is C27H25ClN4O4S. The molecule has 10 heteroatoms. The van der Waals surface area contributed by atoms with E-state index in [4.69, 9.17) is 11.6 Å². The molecule has 1 heterocycles. The lowest BCUT2D eigenvalue weighted by Crippen LogP contribution is -2.34. The van der Waals surface area contributed by atoms with Crippen LogP contribution in [0.2, 0.25) is 5.02 Å². The van der Waals surface area contributed by atoms with E-state index >= 15 is 0 Å². The molecule has 0 spiro atoms. The predicted molar refractivity (Wildman–Crippen MR) is 145 cm³/mol. The molecule has 2 N–H and O–H groups in total. The van der Waals surface area contributed by atoms with Gasteiger partial charge in [0.1, 0.15) is 5.70 Å². The zero-order chi connectivity index (χ0) is 26.6. The molecule has 0 aliphatic carbocycles. The van der Waals surface area contributed by atoms with Gasteiger partial charge in [0, 0.05) is 37.8 Å². The maximum Gasteiger partial charge on any atom is 0.307 e. The number of nitrogens with zero attached hydrogens (tertiary/aromatic N) is 2. The number of carbonyl (C=O) groups excluding carboxylic acids is 2. The van der Waals surface area contributed by atoms with E-state index in [9.17, 15) is 18.0 Å². The molecule has 0 radical (unpaired) electrons. The van der Waals surface area contributed by atoms with Gasteiger partial charge in [-0.3, -0.25) is 9.59 Å². The number of hydrogen-bond donors (Lipinski definition) is 2. The average Bonchev–Trinajstić information content (AvgIpc) is 3.26. The third-order valence-electron chi connectivity index (χ3n) is 5.63. The van der Waals surface area contributed by atoms with Crippen molar-refractivity contribution in [3.63, 3.8) is 0 Å². The van der Waals surface area contributed by atoms with Crippen LogP contribution in [0.3, 0.4) is 0 Å². The quantitative estimate of drug-likeness (QED) is 0.332. The molecule has 0 atom stereocenters. The van der Waals surface area contributed by atoms with Crippen LogP contribution in [0.5, 0.6) is 0 Å². The second-order valence-electron chi connectivity index (χ2n) is 8.35. The summed E-state index contributed by atoms with van der Waals surface area (Å²) in [4.78, 5) is 26.3. The summed E-state index contributed by atoms with van der Waals surface area (Å²) in [6.45, 7) is 0.232. The highest BCUT2D eigenvalue weighted by atomic mass is 35.5. The zero-order valence-electron chi connectivity index (χ0n) is 20.2. The minimum Gasteiger partial charge on any atom is -0.347 e. The monoisotopic (exact) mass is 536 g/mol. The van der Waals surface area contributed by atoms with Gasteiger partial charge in [0.2, 0.25) is 0 Å². The minimum atomic E-state index is -3.84. The van der Waals surface area contributed by atoms with E-state index in [1.807, 2.05) is 30.3 Å². The molecule has 37 heavy (non-hydrogen) atoms. The van der Waals surface area contributed by atoms with Gasteiger partial charge < -0.3 is 10.6 Å². The standard InChI is InChI=1S/C27H25ClN4O4S/c1-31(2)37(35,36)32-18-20(21-12-7-9-15-25(21)32)16-24(27(34)29-17-19-10-4-3-5-11-19)30-26(33)22-13-6-8-14-23(22)28/h3-16,18H,17H2,1-2H3,(H,29,34)(H,30,33). The smallest absolute Gasteiger partial charge is 0.307 e. The molecule has 0 unspecified atom stereocenters. The van der Waals surface area contributed by atoms with Crippen LogP contribution in [0, 0.1) is 0 Å². The summed E-state index contributed by atoms with van der Waals surface area (Å²) < 4.78 is 28.1. The first-order valence-electron chi connectivity index (χ1n) is 11.3. The molecule has 4 rings (SSSR count). The molecule has 0 bridgehead atoms. The van der Waals surface area contributed by atoms with Gasteiger partial charge in [0.15, 0.2) is 0 Å². The van der Waals surface area contributed by atoms with E-state index < -0.39 is 22.0 Å². The van der Waals surface area contributed by atoms with Crippen LogP contribution >= 0.6 is 11.6 Å². The Balaban J connectivity index is 1.77. The largest absolute Gasteiger partial charge is 0.347 e. The molecule has 3 aromatic carbocycles. The first-order chi connectivity index (χ1) is 17.7. The second-order valence-corrected chi connectivity index (χ2v) is 10.8. The maximum absolute atomic E-state index is 13.3. The van der Waals surface area contributed by atoms with Crippen molar-refractivity contribution in [2.24, 2.45) is 0 Å². The van der Waals surface area contributed by atoms with Crippen LogP contribution in [0.1, 0.15) is 21.5 Å². The van der Waals surface area contributed by atoms with Crippen molar-refractivity contribution >= 4 is 50.6 Å². The number of para-hydroxylation sites is 1. The fourth-order valence-corrected chi connectivity index (χ4v) is 4.91. The Kier molecular flexibility index (Phi) is 7.77. The van der Waals surface area contributed by atoms with Crippen LogP contribution in [-0.2, 0) is 21.5 Å². The van der Waals surface area contributed by atoms with E-state index in [1.54, 1.807) is 48.5 Å². The summed E-state index contributed by atoms with van der Waals surface area (Å²) in [5.41, 5.74) is 1.88. The van der Waals surface area contributed by atoms with Crippen molar-refractivity contribution in [1.82, 2.24) is 18.9 Å². The Bertz CT molecular complexity index is 1600. The number of hydrogen-bond acceptors (Lipinski definition) is 4. The highest BCUT2D eigenvalue weighted by molar-refractivity contribution is 7.87. The van der Waals surface area contributed by atoms with Crippen molar-refractivity contribution in [2.45, 2.75) is 6.54 Å². The Morgan fingerprint density at radius 3 is 2.30 bits per heavy atom. The first kappa shape index (κ1) is 26.2. The summed E-state index contributed by atoms with van der Waals surface area (Å²) in [6, 6.07) is 22.7. The fraction of sp³-hybridized carbons (Fsp3) is 0.111. The molecule has 0 fully saturated rings. The summed E-state index contributed by atoms with van der Waals surface area (Å²) >= 11 is 6.19. The molecule has 0 saturated carbocycles. The third-order valence-corrected chi connectivity index (χ3v) is 7.68. The highest BCUT2D eigenvalue weighted by Crippen LogP contribution is 2.26. The molecule has 0 aliphatic rings. The lowest BCUT2D eigenvalue weighted by Gasteiger charge is -2.13. The van der Waals surface area contributed by atoms with Gasteiger partial charge in [-0.05, 0) is 29.8 Å². The van der Waals surface area contributed by atoms with E-state index in [-0.39, 0.29) is 22.8 Å². The fourth-order valence-electron chi connectivity index (χ4n) is 3.68. The van der Waals surface area contributed by atoms with Crippen LogP contribution < -0.4 is 10.6 Å². The van der Waals surface area contributed by atoms with Gasteiger partial charge >= 0.3 is 10.2 Å². The van der Waals surface area contributed by atoms with Crippen molar-refractivity contribution in [3.8, 4) is 0 Å². The van der Waals surface area contributed by atoms with Crippen LogP contribution in [0.4, 0.5) is 0 Å². The molecule has 8 nitrogen and oxygen atoms in total. The van der Waals surface area contributed by atoms with E-state index in [0.29, 0.717) is 16.5 Å². The third kappa shape index (κ3) is 5.75. The summed E-state index contributed by atoms with van der Waals surface area (Å²) in [5, 5.41) is 6.28. The maximum atomic E-state index is 13.3. The molecule has 4 aromatic rings. The Morgan fingerprint density at radius 2 is 1.59 bits per heavy atom. The summed E-state index contributed by atoms with van der Waals surface area (Å²) in [5.74, 6) is -1.12. The first-order valence-corrected chi connectivity index (χ1v) is 13.1. The number of fused-ring (bicyclic) bond motifs is 1. The molecular weight excluding hydrogens is 512 g/mol. The van der Waals surface area contributed by atoms with Gasteiger partial charge in [-0.2, -0.15) is 12.7 Å². The van der Waals surface area contributed by atoms with E-state index in [0.717, 1.165) is 13.8 Å². The Hall–Kier alpha value is -3.92. The SMILES string of the molecule is CN(C)S(=O)(=O)n1cc(C=C(NC(=O)c2ccccc2Cl)C(=O)NCc2ccccc2)c2ccccc21. The second kappa shape index (κ2) is 11.0. The Morgan fingerprint density at radius 1 is 0.946 bits per heavy atom. The molecule has 0 aliphatic heterocycles. The number of benzene rings is 3. The molecule has 190 valence electrons. The lowest BCUT2D eigenvalue weighted by molar-refractivity contribution is -0.117. The normalized spacial score (nSPS) is 12.1. The molecule has 0 saturated heterocycles. The number of carbonyl (C=O) groups is 2. The van der Waals surface area contributed by atoms with Gasteiger partial charge in [-0.15, -0.1) is 0 Å². The predicted octanol–water partition coefficient (Wildman–Crippen LogP) is 4.04. The van der Waals surface area contributed by atoms with E-state index in [1.165, 1.54) is 26.4 Å². The van der Waals surface area contributed by atoms with Crippen molar-refractivity contribution < 1.29 is 18.0 Å². The minimum absolute atomic E-state index is 0.0639. The van der Waals surface area contributed by atoms with Crippen molar-refractivity contribution in [2.75, 3.05) is 14.1 Å². The highest BCUT2D eigenvalue weighted by Gasteiger charge is 2.22. The average molecular weight is 537 g/mol. The number of rotatable bonds is 8. The van der Waals surface area contributed by atoms with Gasteiger partial charge in [-0.1, -0.05) is 72.3 Å². The lowest BCUT2D eigenvalue weighted by atomic mass is 10.1. The molecule has 2 amide bonds. The van der Waals surface area contributed by atoms with Crippen LogP contribution in [0.25, 0.3) is 17.0 Å². The molecule has 1 aromatic heterocycles. The summed E-state index contributed by atoms with van der Waals surface area (Å²) in [6.07, 6.45) is 2.88. The van der Waals surface area contributed by atoms with Crippen LogP contribution in [0.15, 0.2) is 90.8 Å². The number of nitrogens with one attached hydrogen (secondary N) is 2. The van der Waals surface area contributed by atoms with E-state index in [2.05, 4.69) is 10.6 Å². The topological polar surface area (TPSA) is 101 Å². The zero-order valence-corrected chi connectivity index (χ0v) is 21.8. The van der Waals surface area contributed by atoms with Crippen molar-refractivity contribution in [1.29, 1.82) is 0 Å². The van der Waals surface area contributed by atoms with Gasteiger partial charge in [0.25, 0.3) is 11.8 Å². The number of amides is 2. The number of aromatic nitrogens is 1. The number of halogens is 1. The summed E-state index contributed by atoms with van der Waals surface area (Å²) in [7, 11) is -0.968. The van der Waals surface area contributed by atoms with Crippen molar-refractivity contribution in [3.05, 3.63) is 112 Å².